The van der Waals surface area contributed by atoms with Crippen LogP contribution in [0.5, 0.6) is 0 Å². The SMILES string of the molecule is Cl.O=C(NCCN1CCNCC1)c1ccc(CNC(=O)C2CCCC2)cc1. The van der Waals surface area contributed by atoms with Gasteiger partial charge in [-0.25, -0.2) is 0 Å². The first-order valence-corrected chi connectivity index (χ1v) is 9.80. The Bertz CT molecular complexity index is 597. The third-order valence-electron chi connectivity index (χ3n) is 5.33. The van der Waals surface area contributed by atoms with E-state index in [4.69, 9.17) is 0 Å². The molecule has 6 nitrogen and oxygen atoms in total. The van der Waals surface area contributed by atoms with Gasteiger partial charge in [-0.3, -0.25) is 14.5 Å². The molecule has 2 amide bonds. The number of hydrogen-bond acceptors (Lipinski definition) is 4. The number of carbonyl (C=O) groups excluding carboxylic acids is 2. The average Bonchev–Trinajstić information content (AvgIpc) is 3.22. The van der Waals surface area contributed by atoms with Gasteiger partial charge in [-0.05, 0) is 30.5 Å². The number of piperazine rings is 1. The summed E-state index contributed by atoms with van der Waals surface area (Å²) in [7, 11) is 0. The van der Waals surface area contributed by atoms with Gasteiger partial charge in [0.15, 0.2) is 0 Å². The average molecular weight is 395 g/mol. The minimum Gasteiger partial charge on any atom is -0.352 e. The van der Waals surface area contributed by atoms with Crippen molar-refractivity contribution in [2.24, 2.45) is 5.92 Å². The molecule has 1 aliphatic heterocycles. The second kappa shape index (κ2) is 11.3. The smallest absolute Gasteiger partial charge is 0.251 e. The molecule has 7 heteroatoms. The van der Waals surface area contributed by atoms with Crippen molar-refractivity contribution in [2.45, 2.75) is 32.2 Å². The highest BCUT2D eigenvalue weighted by molar-refractivity contribution is 5.94. The van der Waals surface area contributed by atoms with Gasteiger partial charge in [-0.1, -0.05) is 25.0 Å². The van der Waals surface area contributed by atoms with Gasteiger partial charge >= 0.3 is 0 Å². The molecular weight excluding hydrogens is 364 g/mol. The molecule has 0 atom stereocenters. The van der Waals surface area contributed by atoms with Gasteiger partial charge in [0.1, 0.15) is 0 Å². The van der Waals surface area contributed by atoms with Gasteiger partial charge < -0.3 is 16.0 Å². The zero-order valence-electron chi connectivity index (χ0n) is 15.8. The fourth-order valence-electron chi connectivity index (χ4n) is 3.66. The van der Waals surface area contributed by atoms with Gasteiger partial charge in [-0.15, -0.1) is 12.4 Å². The summed E-state index contributed by atoms with van der Waals surface area (Å²) in [6.45, 7) is 6.20. The summed E-state index contributed by atoms with van der Waals surface area (Å²) in [5.41, 5.74) is 1.69. The van der Waals surface area contributed by atoms with Crippen LogP contribution in [0, 0.1) is 5.92 Å². The topological polar surface area (TPSA) is 73.5 Å². The molecule has 0 radical (unpaired) electrons. The number of nitrogens with one attached hydrogen (secondary N) is 3. The molecule has 0 unspecified atom stereocenters. The number of benzene rings is 1. The Morgan fingerprint density at radius 1 is 1.04 bits per heavy atom. The summed E-state index contributed by atoms with van der Waals surface area (Å²) in [5.74, 6) is 0.314. The lowest BCUT2D eigenvalue weighted by molar-refractivity contribution is -0.124. The zero-order chi connectivity index (χ0) is 18.2. The van der Waals surface area contributed by atoms with Crippen molar-refractivity contribution in [3.05, 3.63) is 35.4 Å². The van der Waals surface area contributed by atoms with Gasteiger partial charge in [0, 0.05) is 57.3 Å². The van der Waals surface area contributed by atoms with Gasteiger partial charge in [0.05, 0.1) is 0 Å². The largest absolute Gasteiger partial charge is 0.352 e. The third-order valence-corrected chi connectivity index (χ3v) is 5.33. The number of amides is 2. The number of hydrogen-bond donors (Lipinski definition) is 3. The molecule has 3 N–H and O–H groups in total. The van der Waals surface area contributed by atoms with E-state index in [1.807, 2.05) is 24.3 Å². The molecule has 1 aromatic rings. The number of carbonyl (C=O) groups is 2. The van der Waals surface area contributed by atoms with Crippen molar-refractivity contribution in [1.29, 1.82) is 0 Å². The van der Waals surface area contributed by atoms with E-state index in [0.717, 1.165) is 64.0 Å². The predicted molar refractivity (Wildman–Crippen MR) is 109 cm³/mol. The molecule has 1 heterocycles. The number of rotatable bonds is 7. The van der Waals surface area contributed by atoms with Crippen LogP contribution in [0.25, 0.3) is 0 Å². The summed E-state index contributed by atoms with van der Waals surface area (Å²) >= 11 is 0. The molecule has 1 aromatic carbocycles. The monoisotopic (exact) mass is 394 g/mol. The maximum atomic E-state index is 12.2. The van der Waals surface area contributed by atoms with Crippen LogP contribution < -0.4 is 16.0 Å². The van der Waals surface area contributed by atoms with E-state index >= 15 is 0 Å². The molecule has 0 spiro atoms. The quantitative estimate of drug-likeness (QED) is 0.656. The Labute approximate surface area is 167 Å². The molecule has 3 rings (SSSR count). The van der Waals surface area contributed by atoms with Crippen LogP contribution in [0.1, 0.15) is 41.6 Å². The van der Waals surface area contributed by atoms with Crippen LogP contribution >= 0.6 is 12.4 Å². The van der Waals surface area contributed by atoms with Crippen molar-refractivity contribution in [1.82, 2.24) is 20.9 Å². The van der Waals surface area contributed by atoms with E-state index in [1.165, 1.54) is 0 Å². The summed E-state index contributed by atoms with van der Waals surface area (Å²) in [6, 6.07) is 7.49. The second-order valence-corrected chi connectivity index (χ2v) is 7.24. The molecule has 1 saturated heterocycles. The molecule has 0 bridgehead atoms. The molecule has 27 heavy (non-hydrogen) atoms. The Hall–Kier alpha value is -1.63. The lowest BCUT2D eigenvalue weighted by Gasteiger charge is -2.27. The zero-order valence-corrected chi connectivity index (χ0v) is 16.7. The minimum absolute atomic E-state index is 0. The fraction of sp³-hybridized carbons (Fsp3) is 0.600. The van der Waals surface area contributed by atoms with Gasteiger partial charge in [-0.2, -0.15) is 0 Å². The summed E-state index contributed by atoms with van der Waals surface area (Å²) in [5, 5.41) is 9.32. The van der Waals surface area contributed by atoms with E-state index in [-0.39, 0.29) is 30.1 Å². The number of halogens is 1. The molecule has 1 aliphatic carbocycles. The Morgan fingerprint density at radius 2 is 1.70 bits per heavy atom. The molecule has 2 aliphatic rings. The normalized spacial score (nSPS) is 17.9. The lowest BCUT2D eigenvalue weighted by Crippen LogP contribution is -2.46. The first-order chi connectivity index (χ1) is 12.7. The van der Waals surface area contributed by atoms with E-state index in [0.29, 0.717) is 18.7 Å². The first kappa shape index (κ1) is 21.7. The van der Waals surface area contributed by atoms with Crippen LogP contribution in [0.15, 0.2) is 24.3 Å². The number of nitrogens with zero attached hydrogens (tertiary/aromatic N) is 1. The van der Waals surface area contributed by atoms with Crippen molar-refractivity contribution < 1.29 is 9.59 Å². The predicted octanol–water partition coefficient (Wildman–Crippen LogP) is 1.55. The molecule has 1 saturated carbocycles. The van der Waals surface area contributed by atoms with Crippen LogP contribution in [0.2, 0.25) is 0 Å². The maximum Gasteiger partial charge on any atom is 0.251 e. The standard InChI is InChI=1S/C20H30N4O2.ClH/c25-19(22-11-14-24-12-9-21-10-13-24)18-7-5-16(6-8-18)15-23-20(26)17-3-1-2-4-17;/h5-8,17,21H,1-4,9-15H2,(H,22,25)(H,23,26);1H. The summed E-state index contributed by atoms with van der Waals surface area (Å²) < 4.78 is 0. The maximum absolute atomic E-state index is 12.2. The molecular formula is C20H31ClN4O2. The summed E-state index contributed by atoms with van der Waals surface area (Å²) in [6.07, 6.45) is 4.35. The van der Waals surface area contributed by atoms with E-state index in [9.17, 15) is 9.59 Å². The molecule has 0 aromatic heterocycles. The van der Waals surface area contributed by atoms with E-state index < -0.39 is 0 Å². The minimum atomic E-state index is -0.0401. The fourth-order valence-corrected chi connectivity index (χ4v) is 3.66. The highest BCUT2D eigenvalue weighted by atomic mass is 35.5. The van der Waals surface area contributed by atoms with Crippen molar-refractivity contribution in [3.8, 4) is 0 Å². The first-order valence-electron chi connectivity index (χ1n) is 9.80. The summed E-state index contributed by atoms with van der Waals surface area (Å²) in [4.78, 5) is 26.6. The van der Waals surface area contributed by atoms with Gasteiger partial charge in [0.25, 0.3) is 5.91 Å². The van der Waals surface area contributed by atoms with Crippen LogP contribution in [0.4, 0.5) is 0 Å². The molecule has 150 valence electrons. The van der Waals surface area contributed by atoms with Crippen molar-refractivity contribution in [2.75, 3.05) is 39.3 Å². The van der Waals surface area contributed by atoms with Gasteiger partial charge in [0.2, 0.25) is 5.91 Å². The van der Waals surface area contributed by atoms with Crippen molar-refractivity contribution >= 4 is 24.2 Å². The van der Waals surface area contributed by atoms with Crippen molar-refractivity contribution in [3.63, 3.8) is 0 Å². The Balaban J connectivity index is 0.00000261. The lowest BCUT2D eigenvalue weighted by atomic mass is 10.1. The van der Waals surface area contributed by atoms with Crippen LogP contribution in [0.3, 0.4) is 0 Å². The second-order valence-electron chi connectivity index (χ2n) is 7.24. The highest BCUT2D eigenvalue weighted by Gasteiger charge is 2.22. The van der Waals surface area contributed by atoms with E-state index in [1.54, 1.807) is 0 Å². The van der Waals surface area contributed by atoms with E-state index in [2.05, 4.69) is 20.9 Å². The Kier molecular flexibility index (Phi) is 9.04. The third kappa shape index (κ3) is 6.79. The highest BCUT2D eigenvalue weighted by Crippen LogP contribution is 2.24. The van der Waals surface area contributed by atoms with Crippen LogP contribution in [-0.4, -0.2) is 56.0 Å². The van der Waals surface area contributed by atoms with Crippen LogP contribution in [-0.2, 0) is 11.3 Å². The molecule has 2 fully saturated rings. The Morgan fingerprint density at radius 3 is 2.37 bits per heavy atom.